The van der Waals surface area contributed by atoms with Gasteiger partial charge in [-0.15, -0.1) is 0 Å². The van der Waals surface area contributed by atoms with E-state index in [-0.39, 0.29) is 11.9 Å². The topological polar surface area (TPSA) is 50.8 Å². The van der Waals surface area contributed by atoms with Crippen molar-refractivity contribution in [3.8, 4) is 11.5 Å². The van der Waals surface area contributed by atoms with E-state index in [9.17, 15) is 4.79 Å². The minimum absolute atomic E-state index is 0.0811. The first-order chi connectivity index (χ1) is 12.0. The number of hydrogen-bond donors (Lipinski definition) is 1. The first kappa shape index (κ1) is 18.8. The molecule has 0 aliphatic carbocycles. The van der Waals surface area contributed by atoms with E-state index >= 15 is 0 Å². The number of nitrogens with one attached hydrogen (secondary N) is 1. The highest BCUT2D eigenvalue weighted by atomic mass is 16.5. The molecule has 0 unspecified atom stereocenters. The molecule has 1 atom stereocenters. The van der Waals surface area contributed by atoms with E-state index in [4.69, 9.17) is 9.47 Å². The third-order valence-corrected chi connectivity index (χ3v) is 4.01. The second-order valence-corrected chi connectivity index (χ2v) is 5.92. The van der Waals surface area contributed by atoms with Gasteiger partial charge in [-0.25, -0.2) is 0 Å². The predicted octanol–water partition coefficient (Wildman–Crippen LogP) is 3.13. The highest BCUT2D eigenvalue weighted by Crippen LogP contribution is 2.21. The predicted molar refractivity (Wildman–Crippen MR) is 99.4 cm³/mol. The summed E-state index contributed by atoms with van der Waals surface area (Å²) in [5.74, 6) is 1.49. The Morgan fingerprint density at radius 3 is 2.16 bits per heavy atom. The standard InChI is InChI=1S/C20H26N2O3/c1-5-25-18-12-8-16(9-13-18)20(23)21-14-19(22(2)3)15-6-10-17(24-4)11-7-15/h6-13,19H,5,14H2,1-4H3,(H,21,23)/t19-/m0/s1. The van der Waals surface area contributed by atoms with E-state index in [1.165, 1.54) is 0 Å². The maximum Gasteiger partial charge on any atom is 0.251 e. The fourth-order valence-electron chi connectivity index (χ4n) is 2.59. The Balaban J connectivity index is 2.01. The summed E-state index contributed by atoms with van der Waals surface area (Å²) in [6.07, 6.45) is 0. The van der Waals surface area contributed by atoms with Crippen molar-refractivity contribution in [2.24, 2.45) is 0 Å². The molecule has 5 nitrogen and oxygen atoms in total. The van der Waals surface area contributed by atoms with Crippen molar-refractivity contribution >= 4 is 5.91 Å². The van der Waals surface area contributed by atoms with E-state index < -0.39 is 0 Å². The van der Waals surface area contributed by atoms with Crippen LogP contribution in [0, 0.1) is 0 Å². The van der Waals surface area contributed by atoms with Crippen LogP contribution in [0.5, 0.6) is 11.5 Å². The van der Waals surface area contributed by atoms with E-state index in [1.54, 1.807) is 19.2 Å². The Bertz CT molecular complexity index is 666. The molecular weight excluding hydrogens is 316 g/mol. The van der Waals surface area contributed by atoms with Gasteiger partial charge in [0.15, 0.2) is 0 Å². The third-order valence-electron chi connectivity index (χ3n) is 4.01. The van der Waals surface area contributed by atoms with Crippen molar-refractivity contribution in [1.29, 1.82) is 0 Å². The van der Waals surface area contributed by atoms with Crippen molar-refractivity contribution < 1.29 is 14.3 Å². The SMILES string of the molecule is CCOc1ccc(C(=O)NC[C@@H](c2ccc(OC)cc2)N(C)C)cc1. The van der Waals surface area contributed by atoms with Crippen LogP contribution in [-0.2, 0) is 0 Å². The number of benzene rings is 2. The highest BCUT2D eigenvalue weighted by Gasteiger charge is 2.16. The Morgan fingerprint density at radius 1 is 1.04 bits per heavy atom. The number of ether oxygens (including phenoxy) is 2. The molecule has 0 bridgehead atoms. The zero-order valence-electron chi connectivity index (χ0n) is 15.3. The van der Waals surface area contributed by atoms with Gasteiger partial charge in [0.2, 0.25) is 0 Å². The van der Waals surface area contributed by atoms with E-state index in [1.807, 2.05) is 57.4 Å². The molecule has 0 aliphatic heterocycles. The molecule has 0 saturated heterocycles. The number of carbonyl (C=O) groups is 1. The number of likely N-dealkylation sites (N-methyl/N-ethyl adjacent to an activating group) is 1. The molecule has 5 heteroatoms. The van der Waals surface area contributed by atoms with Crippen molar-refractivity contribution in [2.45, 2.75) is 13.0 Å². The summed E-state index contributed by atoms with van der Waals surface area (Å²) < 4.78 is 10.6. The van der Waals surface area contributed by atoms with Gasteiger partial charge in [-0.1, -0.05) is 12.1 Å². The molecule has 0 aliphatic rings. The Kier molecular flexibility index (Phi) is 6.83. The molecule has 1 amide bonds. The van der Waals surface area contributed by atoms with Gasteiger partial charge in [0, 0.05) is 12.1 Å². The number of methoxy groups -OCH3 is 1. The molecule has 2 aromatic carbocycles. The van der Waals surface area contributed by atoms with Crippen LogP contribution in [0.4, 0.5) is 0 Å². The van der Waals surface area contributed by atoms with Crippen LogP contribution >= 0.6 is 0 Å². The number of hydrogen-bond acceptors (Lipinski definition) is 4. The third kappa shape index (κ3) is 5.22. The van der Waals surface area contributed by atoms with Crippen molar-refractivity contribution in [3.05, 3.63) is 59.7 Å². The Morgan fingerprint density at radius 2 is 1.64 bits per heavy atom. The molecule has 0 aromatic heterocycles. The number of rotatable bonds is 8. The van der Waals surface area contributed by atoms with Crippen LogP contribution in [0.15, 0.2) is 48.5 Å². The van der Waals surface area contributed by atoms with Gasteiger partial charge in [0.05, 0.1) is 19.8 Å². The molecular formula is C20H26N2O3. The quantitative estimate of drug-likeness (QED) is 0.801. The first-order valence-corrected chi connectivity index (χ1v) is 8.36. The van der Waals surface area contributed by atoms with Gasteiger partial charge in [-0.3, -0.25) is 4.79 Å². The van der Waals surface area contributed by atoms with Crippen LogP contribution in [0.1, 0.15) is 28.9 Å². The van der Waals surface area contributed by atoms with Gasteiger partial charge in [0.25, 0.3) is 5.91 Å². The number of nitrogens with zero attached hydrogens (tertiary/aromatic N) is 1. The lowest BCUT2D eigenvalue weighted by Gasteiger charge is -2.25. The number of amides is 1. The molecule has 1 N–H and O–H groups in total. The maximum absolute atomic E-state index is 12.4. The molecule has 0 radical (unpaired) electrons. The fourth-order valence-corrected chi connectivity index (χ4v) is 2.59. The Labute approximate surface area is 149 Å². The van der Waals surface area contributed by atoms with Crippen molar-refractivity contribution in [1.82, 2.24) is 10.2 Å². The lowest BCUT2D eigenvalue weighted by Crippen LogP contribution is -2.34. The van der Waals surface area contributed by atoms with Gasteiger partial charge >= 0.3 is 0 Å². The fraction of sp³-hybridized carbons (Fsp3) is 0.350. The lowest BCUT2D eigenvalue weighted by atomic mass is 10.1. The molecule has 2 aromatic rings. The average molecular weight is 342 g/mol. The lowest BCUT2D eigenvalue weighted by molar-refractivity contribution is 0.0942. The molecule has 0 spiro atoms. The van der Waals surface area contributed by atoms with Crippen molar-refractivity contribution in [3.63, 3.8) is 0 Å². The van der Waals surface area contributed by atoms with E-state index in [2.05, 4.69) is 10.2 Å². The van der Waals surface area contributed by atoms with Crippen LogP contribution < -0.4 is 14.8 Å². The summed E-state index contributed by atoms with van der Waals surface area (Å²) in [4.78, 5) is 14.5. The second kappa shape index (κ2) is 9.08. The first-order valence-electron chi connectivity index (χ1n) is 8.36. The van der Waals surface area contributed by atoms with Crippen LogP contribution in [0.2, 0.25) is 0 Å². The molecule has 134 valence electrons. The van der Waals surface area contributed by atoms with Crippen LogP contribution in [0.25, 0.3) is 0 Å². The zero-order chi connectivity index (χ0) is 18.2. The van der Waals surface area contributed by atoms with E-state index in [0.29, 0.717) is 18.7 Å². The summed E-state index contributed by atoms with van der Waals surface area (Å²) in [6.45, 7) is 3.06. The smallest absolute Gasteiger partial charge is 0.251 e. The van der Waals surface area contributed by atoms with Crippen LogP contribution in [-0.4, -0.2) is 45.2 Å². The van der Waals surface area contributed by atoms with Gasteiger partial charge < -0.3 is 19.7 Å². The summed E-state index contributed by atoms with van der Waals surface area (Å²) in [5, 5.41) is 3.01. The minimum atomic E-state index is -0.0941. The van der Waals surface area contributed by atoms with Gasteiger partial charge in [-0.05, 0) is 63.0 Å². The largest absolute Gasteiger partial charge is 0.497 e. The second-order valence-electron chi connectivity index (χ2n) is 5.92. The highest BCUT2D eigenvalue weighted by molar-refractivity contribution is 5.94. The summed E-state index contributed by atoms with van der Waals surface area (Å²) >= 11 is 0. The Hall–Kier alpha value is -2.53. The maximum atomic E-state index is 12.4. The molecule has 0 fully saturated rings. The molecule has 0 saturated carbocycles. The molecule has 2 rings (SSSR count). The van der Waals surface area contributed by atoms with E-state index in [0.717, 1.165) is 17.1 Å². The average Bonchev–Trinajstić information content (AvgIpc) is 2.63. The number of carbonyl (C=O) groups excluding carboxylic acids is 1. The summed E-state index contributed by atoms with van der Waals surface area (Å²) in [5.41, 5.74) is 1.74. The van der Waals surface area contributed by atoms with Gasteiger partial charge in [-0.2, -0.15) is 0 Å². The van der Waals surface area contributed by atoms with Crippen molar-refractivity contribution in [2.75, 3.05) is 34.4 Å². The molecule has 25 heavy (non-hydrogen) atoms. The normalized spacial score (nSPS) is 11.9. The summed E-state index contributed by atoms with van der Waals surface area (Å²) in [6, 6.07) is 15.2. The summed E-state index contributed by atoms with van der Waals surface area (Å²) in [7, 11) is 5.64. The minimum Gasteiger partial charge on any atom is -0.497 e. The monoisotopic (exact) mass is 342 g/mol. The van der Waals surface area contributed by atoms with Crippen LogP contribution in [0.3, 0.4) is 0 Å². The molecule has 0 heterocycles. The zero-order valence-corrected chi connectivity index (χ0v) is 15.3. The van der Waals surface area contributed by atoms with Gasteiger partial charge in [0.1, 0.15) is 11.5 Å².